The summed E-state index contributed by atoms with van der Waals surface area (Å²) in [5.74, 6) is 4.64. The molecule has 0 atom stereocenters. The number of benzene rings is 1. The highest BCUT2D eigenvalue weighted by Gasteiger charge is 2.19. The monoisotopic (exact) mass is 522 g/mol. The van der Waals surface area contributed by atoms with Crippen molar-refractivity contribution >= 4 is 58.0 Å². The molecule has 1 aliphatic rings. The van der Waals surface area contributed by atoms with Gasteiger partial charge in [-0.15, -0.1) is 11.3 Å². The minimum absolute atomic E-state index is 0.0108. The lowest BCUT2D eigenvalue weighted by Gasteiger charge is -2.11. The quantitative estimate of drug-likeness (QED) is 0.455. The SMILES string of the molecule is CC(C)(C)C#Cc1cc(NC(=O)c2ccc(Cl)cc2Cl)c(C(=O)O)s1.CN1CCCCCC1=O. The lowest BCUT2D eigenvalue weighted by atomic mass is 9.98. The Bertz CT molecular complexity index is 1130. The molecule has 0 unspecified atom stereocenters. The number of amides is 2. The lowest BCUT2D eigenvalue weighted by molar-refractivity contribution is -0.129. The number of carboxylic acids is 1. The second-order valence-electron chi connectivity index (χ2n) is 8.86. The van der Waals surface area contributed by atoms with Crippen LogP contribution in [0, 0.1) is 17.3 Å². The number of hydrogen-bond donors (Lipinski definition) is 2. The maximum absolute atomic E-state index is 12.4. The molecule has 2 heterocycles. The van der Waals surface area contributed by atoms with Crippen molar-refractivity contribution in [2.24, 2.45) is 5.41 Å². The van der Waals surface area contributed by atoms with Gasteiger partial charge in [0.2, 0.25) is 5.91 Å². The van der Waals surface area contributed by atoms with E-state index in [-0.39, 0.29) is 26.6 Å². The number of nitrogens with one attached hydrogen (secondary N) is 1. The smallest absolute Gasteiger partial charge is 0.348 e. The van der Waals surface area contributed by atoms with Gasteiger partial charge in [-0.05, 0) is 57.9 Å². The first-order valence-corrected chi connectivity index (χ1v) is 12.4. The highest BCUT2D eigenvalue weighted by Crippen LogP contribution is 2.29. The third kappa shape index (κ3) is 8.68. The van der Waals surface area contributed by atoms with Crippen molar-refractivity contribution < 1.29 is 19.5 Å². The summed E-state index contributed by atoms with van der Waals surface area (Å²) >= 11 is 12.8. The van der Waals surface area contributed by atoms with Gasteiger partial charge in [-0.2, -0.15) is 0 Å². The van der Waals surface area contributed by atoms with E-state index in [0.29, 0.717) is 15.8 Å². The van der Waals surface area contributed by atoms with Crippen molar-refractivity contribution in [1.29, 1.82) is 0 Å². The Labute approximate surface area is 214 Å². The lowest BCUT2D eigenvalue weighted by Crippen LogP contribution is -2.25. The molecule has 0 saturated carbocycles. The van der Waals surface area contributed by atoms with Gasteiger partial charge in [-0.1, -0.05) is 41.5 Å². The number of rotatable bonds is 3. The molecule has 2 N–H and O–H groups in total. The van der Waals surface area contributed by atoms with E-state index in [9.17, 15) is 19.5 Å². The second kappa shape index (κ2) is 12.3. The van der Waals surface area contributed by atoms with Gasteiger partial charge in [0.15, 0.2) is 0 Å². The highest BCUT2D eigenvalue weighted by atomic mass is 35.5. The average Bonchev–Trinajstić information content (AvgIpc) is 3.05. The number of aromatic carboxylic acids is 1. The van der Waals surface area contributed by atoms with Crippen LogP contribution < -0.4 is 5.32 Å². The van der Waals surface area contributed by atoms with Crippen molar-refractivity contribution in [3.63, 3.8) is 0 Å². The fourth-order valence-electron chi connectivity index (χ4n) is 2.93. The topological polar surface area (TPSA) is 86.7 Å². The molecule has 182 valence electrons. The fourth-order valence-corrected chi connectivity index (χ4v) is 4.23. The standard InChI is InChI=1S/C18H15Cl2NO3S.C7H13NO/c1-18(2,3)7-6-11-9-14(15(25-11)17(23)24)21-16(22)12-5-4-10(19)8-13(12)20;1-8-6-4-2-3-5-7(8)9/h4-5,8-9H,1-3H3,(H,21,22)(H,23,24);2-6H2,1H3. The van der Waals surface area contributed by atoms with Gasteiger partial charge in [0.25, 0.3) is 5.91 Å². The maximum Gasteiger partial charge on any atom is 0.348 e. The Morgan fingerprint density at radius 1 is 1.15 bits per heavy atom. The Morgan fingerprint density at radius 2 is 1.85 bits per heavy atom. The molecule has 2 aromatic rings. The van der Waals surface area contributed by atoms with Crippen molar-refractivity contribution in [3.8, 4) is 11.8 Å². The van der Waals surface area contributed by atoms with Gasteiger partial charge in [-0.3, -0.25) is 9.59 Å². The number of carboxylic acid groups (broad SMARTS) is 1. The number of thiophene rings is 1. The van der Waals surface area contributed by atoms with E-state index in [2.05, 4.69) is 17.2 Å². The first kappa shape index (κ1) is 27.7. The zero-order valence-electron chi connectivity index (χ0n) is 19.6. The zero-order valence-corrected chi connectivity index (χ0v) is 22.0. The first-order valence-electron chi connectivity index (χ1n) is 10.8. The molecular weight excluding hydrogens is 495 g/mol. The van der Waals surface area contributed by atoms with Gasteiger partial charge < -0.3 is 15.3 Å². The normalized spacial score (nSPS) is 13.7. The molecule has 3 rings (SSSR count). The molecular formula is C25H28Cl2N2O4S. The number of likely N-dealkylation sites (tertiary alicyclic amines) is 1. The summed E-state index contributed by atoms with van der Waals surface area (Å²) in [6.07, 6.45) is 4.25. The van der Waals surface area contributed by atoms with E-state index >= 15 is 0 Å². The number of hydrogen-bond acceptors (Lipinski definition) is 4. The molecule has 2 amide bonds. The van der Waals surface area contributed by atoms with Crippen LogP contribution >= 0.6 is 34.5 Å². The number of nitrogens with zero attached hydrogens (tertiary/aromatic N) is 1. The zero-order chi connectivity index (χ0) is 25.5. The summed E-state index contributed by atoms with van der Waals surface area (Å²) in [5.41, 5.74) is 0.177. The van der Waals surface area contributed by atoms with Crippen LogP contribution in [0.1, 0.15) is 71.4 Å². The minimum atomic E-state index is -1.13. The van der Waals surface area contributed by atoms with Crippen LogP contribution in [-0.4, -0.2) is 41.4 Å². The summed E-state index contributed by atoms with van der Waals surface area (Å²) in [5, 5.41) is 12.5. The summed E-state index contributed by atoms with van der Waals surface area (Å²) in [6.45, 7) is 6.82. The molecule has 1 aromatic carbocycles. The molecule has 1 fully saturated rings. The van der Waals surface area contributed by atoms with E-state index in [0.717, 1.165) is 30.7 Å². The van der Waals surface area contributed by atoms with Gasteiger partial charge in [0.05, 0.1) is 21.2 Å². The second-order valence-corrected chi connectivity index (χ2v) is 10.8. The van der Waals surface area contributed by atoms with E-state index in [1.165, 1.54) is 31.0 Å². The van der Waals surface area contributed by atoms with Crippen molar-refractivity contribution in [1.82, 2.24) is 4.90 Å². The third-order valence-electron chi connectivity index (χ3n) is 4.72. The Morgan fingerprint density at radius 3 is 2.47 bits per heavy atom. The number of halogens is 2. The predicted octanol–water partition coefficient (Wildman–Crippen LogP) is 6.42. The molecule has 1 aliphatic heterocycles. The average molecular weight is 523 g/mol. The van der Waals surface area contributed by atoms with Crippen LogP contribution in [0.3, 0.4) is 0 Å². The van der Waals surface area contributed by atoms with E-state index in [4.69, 9.17) is 23.2 Å². The molecule has 1 saturated heterocycles. The number of carbonyl (C=O) groups excluding carboxylic acids is 2. The van der Waals surface area contributed by atoms with E-state index in [1.54, 1.807) is 6.07 Å². The van der Waals surface area contributed by atoms with Crippen LogP contribution in [0.4, 0.5) is 5.69 Å². The van der Waals surface area contributed by atoms with Gasteiger partial charge >= 0.3 is 5.97 Å². The first-order chi connectivity index (χ1) is 15.9. The number of carbonyl (C=O) groups is 3. The Hall–Kier alpha value is -2.53. The third-order valence-corrected chi connectivity index (χ3v) is 6.31. The molecule has 0 bridgehead atoms. The van der Waals surface area contributed by atoms with Crippen LogP contribution in [-0.2, 0) is 4.79 Å². The molecule has 34 heavy (non-hydrogen) atoms. The summed E-state index contributed by atoms with van der Waals surface area (Å²) in [6, 6.07) is 6.01. The largest absolute Gasteiger partial charge is 0.477 e. The predicted molar refractivity (Wildman–Crippen MR) is 138 cm³/mol. The molecule has 6 nitrogen and oxygen atoms in total. The molecule has 0 spiro atoms. The van der Waals surface area contributed by atoms with Crippen molar-refractivity contribution in [2.45, 2.75) is 46.5 Å². The Kier molecular flexibility index (Phi) is 9.99. The fraction of sp³-hybridized carbons (Fsp3) is 0.400. The maximum atomic E-state index is 12.4. The summed E-state index contributed by atoms with van der Waals surface area (Å²) < 4.78 is 0. The van der Waals surface area contributed by atoms with Gasteiger partial charge in [0, 0.05) is 30.5 Å². The molecule has 0 aliphatic carbocycles. The van der Waals surface area contributed by atoms with E-state index in [1.807, 2.05) is 32.7 Å². The van der Waals surface area contributed by atoms with Gasteiger partial charge in [-0.25, -0.2) is 4.79 Å². The summed E-state index contributed by atoms with van der Waals surface area (Å²) in [7, 11) is 1.88. The number of anilines is 1. The Balaban J connectivity index is 0.000000379. The highest BCUT2D eigenvalue weighted by molar-refractivity contribution is 7.15. The van der Waals surface area contributed by atoms with Crippen LogP contribution in [0.15, 0.2) is 24.3 Å². The van der Waals surface area contributed by atoms with E-state index < -0.39 is 11.9 Å². The van der Waals surface area contributed by atoms with Crippen LogP contribution in [0.2, 0.25) is 10.0 Å². The molecule has 0 radical (unpaired) electrons. The molecule has 9 heteroatoms. The minimum Gasteiger partial charge on any atom is -0.477 e. The van der Waals surface area contributed by atoms with Crippen molar-refractivity contribution in [3.05, 3.63) is 49.6 Å². The van der Waals surface area contributed by atoms with Crippen LogP contribution in [0.5, 0.6) is 0 Å². The van der Waals surface area contributed by atoms with Gasteiger partial charge in [0.1, 0.15) is 4.88 Å². The van der Waals surface area contributed by atoms with Crippen molar-refractivity contribution in [2.75, 3.05) is 18.9 Å². The van der Waals surface area contributed by atoms with Crippen LogP contribution in [0.25, 0.3) is 0 Å². The summed E-state index contributed by atoms with van der Waals surface area (Å²) in [4.78, 5) is 37.2. The molecule has 1 aromatic heterocycles.